The van der Waals surface area contributed by atoms with Gasteiger partial charge in [0.05, 0.1) is 0 Å². The van der Waals surface area contributed by atoms with Crippen LogP contribution in [0.4, 0.5) is 0 Å². The molecule has 0 N–H and O–H groups in total. The quantitative estimate of drug-likeness (QED) is 0.477. The summed E-state index contributed by atoms with van der Waals surface area (Å²) in [6, 6.07) is 10.3. The van der Waals surface area contributed by atoms with Crippen molar-refractivity contribution in [2.45, 2.75) is 6.42 Å². The first-order valence-electron chi connectivity index (χ1n) is 5.07. The molecule has 1 aromatic carbocycles. The molecular formula is C14H17Cl3NV-5. The Kier molecular flexibility index (Phi) is 25.9. The van der Waals surface area contributed by atoms with Crippen LogP contribution >= 0.6 is 0 Å². The van der Waals surface area contributed by atoms with Crippen LogP contribution in [0, 0.1) is 12.6 Å². The van der Waals surface area contributed by atoms with Crippen molar-refractivity contribution in [3.63, 3.8) is 0 Å². The number of nitrogens with zero attached hydrogens (tertiary/aromatic N) is 1. The van der Waals surface area contributed by atoms with Crippen LogP contribution in [-0.2, 0) is 18.6 Å². The summed E-state index contributed by atoms with van der Waals surface area (Å²) >= 11 is 0. The Morgan fingerprint density at radius 3 is 1.95 bits per heavy atom. The van der Waals surface area contributed by atoms with Gasteiger partial charge in [0.25, 0.3) is 0 Å². The van der Waals surface area contributed by atoms with E-state index >= 15 is 0 Å². The van der Waals surface area contributed by atoms with E-state index < -0.39 is 0 Å². The average Bonchev–Trinajstić information content (AvgIpc) is 2.76. The minimum atomic E-state index is 0. The zero-order valence-corrected chi connectivity index (χ0v) is 14.6. The van der Waals surface area contributed by atoms with Crippen LogP contribution in [0.15, 0.2) is 48.6 Å². The minimum absolute atomic E-state index is 0. The Morgan fingerprint density at radius 1 is 1.05 bits per heavy atom. The zero-order chi connectivity index (χ0) is 10.9. The van der Waals surface area contributed by atoms with Crippen molar-refractivity contribution in [1.29, 1.82) is 0 Å². The Morgan fingerprint density at radius 2 is 1.63 bits per heavy atom. The smallest absolute Gasteiger partial charge is 0 e. The van der Waals surface area contributed by atoms with E-state index in [0.29, 0.717) is 0 Å². The molecule has 1 aromatic rings. The van der Waals surface area contributed by atoms with Gasteiger partial charge in [-0.1, -0.05) is 6.07 Å². The second-order valence-electron chi connectivity index (χ2n) is 3.51. The van der Waals surface area contributed by atoms with Gasteiger partial charge in [-0.15, -0.1) is 25.1 Å². The molecule has 2 rings (SSSR count). The summed E-state index contributed by atoms with van der Waals surface area (Å²) in [5.41, 5.74) is 1.24. The molecule has 0 saturated carbocycles. The van der Waals surface area contributed by atoms with E-state index in [0.717, 1.165) is 6.42 Å². The van der Waals surface area contributed by atoms with Gasteiger partial charge in [-0.2, -0.15) is 23.8 Å². The van der Waals surface area contributed by atoms with Gasteiger partial charge in [0.2, 0.25) is 0 Å². The van der Waals surface area contributed by atoms with E-state index in [-0.39, 0.29) is 55.8 Å². The topological polar surface area (TPSA) is 3.24 Å². The van der Waals surface area contributed by atoms with E-state index in [1.807, 2.05) is 49.3 Å². The SMILES string of the molecule is CN(C)[CH-]c1ccccc1.[C-]1=CC=CC1.[Cl-].[Cl-].[Cl-].[V]. The molecule has 109 valence electrons. The maximum atomic E-state index is 2.99. The Bertz CT molecular complexity index is 317. The summed E-state index contributed by atoms with van der Waals surface area (Å²) < 4.78 is 0. The molecule has 0 unspecified atom stereocenters. The second kappa shape index (κ2) is 18.0. The molecule has 0 aliphatic heterocycles. The number of hydrogen-bond donors (Lipinski definition) is 0. The fraction of sp³-hybridized carbons (Fsp3) is 0.214. The molecule has 0 saturated heterocycles. The fourth-order valence-electron chi connectivity index (χ4n) is 1.18. The summed E-state index contributed by atoms with van der Waals surface area (Å²) in [4.78, 5) is 2.04. The third-order valence-electron chi connectivity index (χ3n) is 1.79. The van der Waals surface area contributed by atoms with E-state index in [1.54, 1.807) is 0 Å². The fourth-order valence-corrected chi connectivity index (χ4v) is 1.18. The molecule has 0 bridgehead atoms. The maximum Gasteiger partial charge on any atom is 0 e. The van der Waals surface area contributed by atoms with Crippen LogP contribution in [0.25, 0.3) is 0 Å². The number of benzene rings is 1. The van der Waals surface area contributed by atoms with Gasteiger partial charge in [-0.25, -0.2) is 12.2 Å². The van der Waals surface area contributed by atoms with E-state index in [1.165, 1.54) is 5.56 Å². The molecule has 19 heavy (non-hydrogen) atoms. The molecule has 1 aliphatic carbocycles. The number of halogens is 3. The monoisotopic (exact) mass is 355 g/mol. The van der Waals surface area contributed by atoms with Crippen molar-refractivity contribution in [2.24, 2.45) is 0 Å². The molecule has 0 heterocycles. The normalized spacial score (nSPS) is 9.84. The third kappa shape index (κ3) is 15.9. The molecule has 0 amide bonds. The number of allylic oxidation sites excluding steroid dienone is 4. The summed E-state index contributed by atoms with van der Waals surface area (Å²) in [5.74, 6) is 0. The van der Waals surface area contributed by atoms with Crippen LogP contribution < -0.4 is 37.2 Å². The Hall–Kier alpha value is -0.0156. The van der Waals surface area contributed by atoms with Gasteiger partial charge in [-0.3, -0.25) is 6.08 Å². The Balaban J connectivity index is -0.000000110. The minimum Gasteiger partial charge on any atom is -1.00 e. The van der Waals surface area contributed by atoms with Gasteiger partial charge < -0.3 is 42.1 Å². The van der Waals surface area contributed by atoms with E-state index in [2.05, 4.69) is 30.8 Å². The van der Waals surface area contributed by atoms with E-state index in [9.17, 15) is 0 Å². The van der Waals surface area contributed by atoms with Crippen molar-refractivity contribution >= 4 is 0 Å². The second-order valence-corrected chi connectivity index (χ2v) is 3.51. The average molecular weight is 357 g/mol. The van der Waals surface area contributed by atoms with Crippen LogP contribution in [0.2, 0.25) is 0 Å². The largest absolute Gasteiger partial charge is 1.00 e. The Labute approximate surface area is 147 Å². The van der Waals surface area contributed by atoms with Crippen LogP contribution in [0.3, 0.4) is 0 Å². The van der Waals surface area contributed by atoms with E-state index in [4.69, 9.17) is 0 Å². The molecule has 0 atom stereocenters. The standard InChI is InChI=1S/C9H12N.C5H5.3ClH.V/c1-10(2)8-9-6-4-3-5-7-9;1-2-4-5-3-1;;;;/h3-8H,1-2H3;1-3H,4H2;3*1H;/q2*-1;;;;/p-3. The predicted molar refractivity (Wildman–Crippen MR) is 65.1 cm³/mol. The first-order chi connectivity index (χ1) is 7.29. The number of rotatable bonds is 2. The maximum absolute atomic E-state index is 2.99. The number of hydrogen-bond acceptors (Lipinski definition) is 1. The first kappa shape index (κ1) is 27.3. The van der Waals surface area contributed by atoms with Gasteiger partial charge >= 0.3 is 0 Å². The van der Waals surface area contributed by atoms with Crippen LogP contribution in [-0.4, -0.2) is 19.0 Å². The first-order valence-corrected chi connectivity index (χ1v) is 5.07. The van der Waals surface area contributed by atoms with Crippen molar-refractivity contribution in [1.82, 2.24) is 4.90 Å². The molecule has 0 spiro atoms. The van der Waals surface area contributed by atoms with Crippen LogP contribution in [0.1, 0.15) is 12.0 Å². The summed E-state index contributed by atoms with van der Waals surface area (Å²) in [6.45, 7) is 2.08. The summed E-state index contributed by atoms with van der Waals surface area (Å²) in [6.07, 6.45) is 10.0. The van der Waals surface area contributed by atoms with Crippen molar-refractivity contribution in [3.8, 4) is 0 Å². The molecule has 1 radical (unpaired) electrons. The van der Waals surface area contributed by atoms with Crippen molar-refractivity contribution < 1.29 is 55.8 Å². The summed E-state index contributed by atoms with van der Waals surface area (Å²) in [5, 5.41) is 0. The molecule has 5 heteroatoms. The van der Waals surface area contributed by atoms with Gasteiger partial charge in [-0.05, 0) is 14.1 Å². The van der Waals surface area contributed by atoms with Crippen molar-refractivity contribution in [3.05, 3.63) is 66.7 Å². The van der Waals surface area contributed by atoms with Gasteiger partial charge in [0.15, 0.2) is 0 Å². The van der Waals surface area contributed by atoms with Gasteiger partial charge in [0, 0.05) is 18.6 Å². The van der Waals surface area contributed by atoms with Crippen molar-refractivity contribution in [2.75, 3.05) is 14.1 Å². The third-order valence-corrected chi connectivity index (χ3v) is 1.79. The van der Waals surface area contributed by atoms with Crippen LogP contribution in [0.5, 0.6) is 0 Å². The summed E-state index contributed by atoms with van der Waals surface area (Å²) in [7, 11) is 4.04. The molecule has 1 aliphatic rings. The zero-order valence-electron chi connectivity index (χ0n) is 10.9. The molecule has 1 nitrogen and oxygen atoms in total. The molecule has 0 aromatic heterocycles. The molecule has 0 fully saturated rings. The predicted octanol–water partition coefficient (Wildman–Crippen LogP) is -5.93. The van der Waals surface area contributed by atoms with Gasteiger partial charge in [0.1, 0.15) is 0 Å². The molecular weight excluding hydrogens is 339 g/mol.